The third-order valence-electron chi connectivity index (χ3n) is 15.1. The Morgan fingerprint density at radius 3 is 2.30 bits per heavy atom. The van der Waals surface area contributed by atoms with Gasteiger partial charge in [-0.1, -0.05) is 38.1 Å². The number of allylic oxidation sites excluding steroid dienone is 1. The number of benzene rings is 1. The number of cyclic esters (lactones) is 1. The topological polar surface area (TPSA) is 254 Å². The lowest BCUT2D eigenvalue weighted by molar-refractivity contribution is -0.384. The predicted octanol–water partition coefficient (Wildman–Crippen LogP) is 3.73. The van der Waals surface area contributed by atoms with Crippen LogP contribution in [0.3, 0.4) is 0 Å². The molecule has 5 rings (SSSR count). The van der Waals surface area contributed by atoms with Crippen molar-refractivity contribution in [3.63, 3.8) is 0 Å². The fraction of sp³-hybridized carbons (Fsp3) is 0.780. The monoisotopic (exact) mass is 991 g/mol. The average molecular weight is 991 g/mol. The number of ether oxygens (including phenoxy) is 6. The fourth-order valence-electron chi connectivity index (χ4n) is 10.7. The molecule has 1 aromatic carbocycles. The molecule has 4 heterocycles. The molecule has 3 aliphatic heterocycles. The van der Waals surface area contributed by atoms with Crippen molar-refractivity contribution in [1.29, 1.82) is 0 Å². The number of hydrogen-bond donors (Lipinski definition) is 5. The minimum atomic E-state index is -1.84. The van der Waals surface area contributed by atoms with Crippen molar-refractivity contribution in [3.05, 3.63) is 57.9 Å². The third-order valence-corrected chi connectivity index (χ3v) is 15.1. The second kappa shape index (κ2) is 24.0. The Morgan fingerprint density at radius 1 is 1.00 bits per heavy atom. The number of aromatic nitrogens is 3. The number of aliphatic hydroxyl groups excluding tert-OH is 3. The van der Waals surface area contributed by atoms with Crippen LogP contribution in [0.15, 0.2) is 36.5 Å². The van der Waals surface area contributed by atoms with Gasteiger partial charge in [-0.2, -0.15) is 0 Å². The summed E-state index contributed by atoms with van der Waals surface area (Å²) in [4.78, 5) is 29.0. The summed E-state index contributed by atoms with van der Waals surface area (Å²) in [6.45, 7) is 18.8. The van der Waals surface area contributed by atoms with Gasteiger partial charge in [0.25, 0.3) is 5.69 Å². The van der Waals surface area contributed by atoms with Crippen LogP contribution >= 0.6 is 0 Å². The largest absolute Gasteiger partial charge is 0.459 e. The molecule has 18 atom stereocenters. The van der Waals surface area contributed by atoms with Crippen molar-refractivity contribution in [3.8, 4) is 0 Å². The summed E-state index contributed by atoms with van der Waals surface area (Å²) in [5, 5.41) is 79.2. The van der Waals surface area contributed by atoms with Crippen LogP contribution in [0, 0.1) is 27.9 Å². The van der Waals surface area contributed by atoms with E-state index >= 15 is 0 Å². The molecule has 0 amide bonds. The molecule has 3 saturated heterocycles. The van der Waals surface area contributed by atoms with Crippen LogP contribution in [0.2, 0.25) is 0 Å². The van der Waals surface area contributed by atoms with Crippen LogP contribution in [-0.4, -0.2) is 186 Å². The first-order valence-electron chi connectivity index (χ1n) is 24.8. The van der Waals surface area contributed by atoms with Crippen LogP contribution in [0.25, 0.3) is 6.08 Å². The maximum atomic E-state index is 14.5. The molecule has 0 spiro atoms. The lowest BCUT2D eigenvalue weighted by Crippen LogP contribution is -2.61. The first-order chi connectivity index (χ1) is 32.7. The molecule has 0 unspecified atom stereocenters. The highest BCUT2D eigenvalue weighted by molar-refractivity contribution is 5.73. The molecule has 70 heavy (non-hydrogen) atoms. The van der Waals surface area contributed by atoms with Gasteiger partial charge in [0.15, 0.2) is 12.6 Å². The number of nitro groups is 1. The Morgan fingerprint density at radius 2 is 1.67 bits per heavy atom. The number of carbonyl (C=O) groups is 1. The minimum Gasteiger partial charge on any atom is -0.459 e. The van der Waals surface area contributed by atoms with E-state index in [-0.39, 0.29) is 37.0 Å². The van der Waals surface area contributed by atoms with Crippen molar-refractivity contribution in [2.75, 3.05) is 34.3 Å². The van der Waals surface area contributed by atoms with Crippen molar-refractivity contribution in [2.45, 2.75) is 198 Å². The predicted molar refractivity (Wildman–Crippen MR) is 259 cm³/mol. The zero-order chi connectivity index (χ0) is 52.0. The number of aliphatic hydroxyl groups is 5. The van der Waals surface area contributed by atoms with Gasteiger partial charge in [0, 0.05) is 69.4 Å². The van der Waals surface area contributed by atoms with Gasteiger partial charge in [0.2, 0.25) is 0 Å². The minimum absolute atomic E-state index is 0.0239. The molecule has 396 valence electrons. The highest BCUT2D eigenvalue weighted by Crippen LogP contribution is 2.40. The molecule has 1 aromatic heterocycles. The summed E-state index contributed by atoms with van der Waals surface area (Å²) >= 11 is 0. The van der Waals surface area contributed by atoms with E-state index in [4.69, 9.17) is 28.4 Å². The first kappa shape index (κ1) is 57.4. The van der Waals surface area contributed by atoms with E-state index in [1.54, 1.807) is 65.3 Å². The lowest BCUT2D eigenvalue weighted by atomic mass is 9.77. The van der Waals surface area contributed by atoms with Gasteiger partial charge in [-0.05, 0) is 105 Å². The Labute approximate surface area is 413 Å². The van der Waals surface area contributed by atoms with Crippen molar-refractivity contribution >= 4 is 17.7 Å². The van der Waals surface area contributed by atoms with Gasteiger partial charge in [0.05, 0.1) is 58.7 Å². The van der Waals surface area contributed by atoms with E-state index in [0.717, 1.165) is 11.3 Å². The summed E-state index contributed by atoms with van der Waals surface area (Å²) in [5.41, 5.74) is -2.97. The van der Waals surface area contributed by atoms with Crippen molar-refractivity contribution < 1.29 is 63.7 Å². The van der Waals surface area contributed by atoms with Gasteiger partial charge < -0.3 is 63.8 Å². The van der Waals surface area contributed by atoms with E-state index < -0.39 is 107 Å². The maximum Gasteiger partial charge on any atom is 0.311 e. The van der Waals surface area contributed by atoms with Gasteiger partial charge in [-0.3, -0.25) is 14.9 Å². The Hall–Kier alpha value is -3.51. The number of nitrogens with zero attached hydrogens (tertiary/aromatic N) is 6. The number of rotatable bonds is 14. The van der Waals surface area contributed by atoms with Crippen molar-refractivity contribution in [2.24, 2.45) is 17.8 Å². The highest BCUT2D eigenvalue weighted by atomic mass is 16.7. The molecule has 0 bridgehead atoms. The van der Waals surface area contributed by atoms with Crippen LogP contribution in [0.5, 0.6) is 0 Å². The molecule has 0 aliphatic carbocycles. The summed E-state index contributed by atoms with van der Waals surface area (Å²) in [6, 6.07) is 5.24. The molecule has 20 heteroatoms. The summed E-state index contributed by atoms with van der Waals surface area (Å²) in [7, 11) is 5.24. The average Bonchev–Trinajstić information content (AvgIpc) is 3.76. The van der Waals surface area contributed by atoms with Crippen molar-refractivity contribution in [1.82, 2.24) is 24.8 Å². The quantitative estimate of drug-likeness (QED) is 0.103. The molecule has 2 aromatic rings. The smallest absolute Gasteiger partial charge is 0.311 e. The van der Waals surface area contributed by atoms with Crippen LogP contribution in [0.4, 0.5) is 5.69 Å². The van der Waals surface area contributed by atoms with Gasteiger partial charge >= 0.3 is 5.97 Å². The molecule has 5 N–H and O–H groups in total. The first-order valence-corrected chi connectivity index (χ1v) is 24.8. The van der Waals surface area contributed by atoms with E-state index in [1.807, 2.05) is 56.1 Å². The number of nitro benzene ring substituents is 1. The standard InChI is InChI=1S/C50H82N6O14/c1-14-39-50(10,62)43(58)33(6)54(12)27-29(2)25-48(8,61)45(31(4)42(32(5)46(60)68-39)69-40-26-49(9,65-13)44(59)34(7)67-40)70-47-41(57)38(24-30(3)66-47)53(11)23-21-36-28-55(52-51-36)22-15-16-35-17-19-37(20-18-35)56(63)64/h15-20,28-34,38-45,47,57-59,61-62H,14,21-27H2,1-13H3/b16-15+/t29-,30-,31+,32-,33-,34+,38+,39-,40+,41-,42+,43-,44+,45-,47+,48-,49-,50-/m1/s1. The molecule has 20 nitrogen and oxygen atoms in total. The maximum absolute atomic E-state index is 14.5. The summed E-state index contributed by atoms with van der Waals surface area (Å²) in [5.74, 6) is -2.82. The Bertz CT molecular complexity index is 2020. The normalized spacial score (nSPS) is 39.9. The lowest BCUT2D eigenvalue weighted by Gasteiger charge is -2.49. The van der Waals surface area contributed by atoms with Crippen LogP contribution in [-0.2, 0) is 46.2 Å². The van der Waals surface area contributed by atoms with Crippen LogP contribution in [0.1, 0.15) is 106 Å². The second-order valence-corrected chi connectivity index (χ2v) is 21.1. The van der Waals surface area contributed by atoms with Gasteiger partial charge in [-0.25, -0.2) is 4.68 Å². The fourth-order valence-corrected chi connectivity index (χ4v) is 10.7. The number of methoxy groups -OCH3 is 1. The number of carbonyl (C=O) groups excluding carboxylic acids is 1. The van der Waals surface area contributed by atoms with Gasteiger partial charge in [-0.15, -0.1) is 5.10 Å². The Kier molecular flexibility index (Phi) is 19.7. The number of likely N-dealkylation sites (N-methyl/N-ethyl adjacent to an activating group) is 2. The number of hydrogen-bond acceptors (Lipinski definition) is 18. The number of esters is 1. The zero-order valence-electron chi connectivity index (χ0n) is 43.5. The molecule has 0 saturated carbocycles. The van der Waals surface area contributed by atoms with Gasteiger partial charge in [0.1, 0.15) is 30.0 Å². The molecule has 0 radical (unpaired) electrons. The third kappa shape index (κ3) is 13.8. The second-order valence-electron chi connectivity index (χ2n) is 21.1. The molecule has 3 fully saturated rings. The Balaban J connectivity index is 1.41. The summed E-state index contributed by atoms with van der Waals surface area (Å²) in [6.07, 6.45) is -3.09. The molecular weight excluding hydrogens is 909 g/mol. The number of non-ortho nitro benzene ring substituents is 1. The molecule has 3 aliphatic rings. The molecular formula is C50H82N6O14. The van der Waals surface area contributed by atoms with E-state index in [1.165, 1.54) is 26.2 Å². The van der Waals surface area contributed by atoms with E-state index in [9.17, 15) is 40.4 Å². The van der Waals surface area contributed by atoms with E-state index in [0.29, 0.717) is 32.5 Å². The zero-order valence-corrected chi connectivity index (χ0v) is 43.5. The highest BCUT2D eigenvalue weighted by Gasteiger charge is 2.53. The summed E-state index contributed by atoms with van der Waals surface area (Å²) < 4.78 is 39.9. The van der Waals surface area contributed by atoms with E-state index in [2.05, 4.69) is 10.3 Å². The SMILES string of the molecule is CC[C@H]1OC(=O)[C@H](C)[C@@H](O[C@H]2C[C@@](C)(OC)[C@@H](O)[C@H](C)O2)[C@H](C)[C@@H](O[C@@H]2O[C@H](C)C[C@H](N(C)CCc3cn(C/C=C/c4ccc([N+](=O)[O-])cc4)nn3)[C@H]2O)[C@](C)(O)C[C@@H](C)CN(C)[C@H](C)[C@@H](O)[C@]1(C)O. The van der Waals surface area contributed by atoms with Crippen LogP contribution < -0.4 is 0 Å².